The highest BCUT2D eigenvalue weighted by atomic mass is 32.2. The number of aromatic nitrogens is 4. The molecule has 0 aromatic carbocycles. The second-order valence-corrected chi connectivity index (χ2v) is 10.9. The number of imidazole rings is 1. The summed E-state index contributed by atoms with van der Waals surface area (Å²) in [4.78, 5) is 14.7. The number of ether oxygens (including phenoxy) is 1. The lowest BCUT2D eigenvalue weighted by Gasteiger charge is -2.10. The zero-order valence-corrected chi connectivity index (χ0v) is 19.1. The standard InChI is InChI=1S/C20H21N5O2S3/c1-25-14(10-23-17(25)11-3-4-11)12-9-13(18-22-5-7-28-18)24-19-15(12)16(21)20(29-19)30(26)8-6-27-2/h5,7,9-11H,3-4,6,8,21H2,1-2H3. The SMILES string of the molecule is COCC[S+]([O-])c1sc2nc(-c3nccs3)cc(-c3cnc(C4CC4)n3C)c2c1N. The number of nitrogen functional groups attached to an aromatic ring is 1. The summed E-state index contributed by atoms with van der Waals surface area (Å²) < 4.78 is 20.7. The van der Waals surface area contributed by atoms with E-state index in [0.29, 0.717) is 28.2 Å². The monoisotopic (exact) mass is 459 g/mol. The van der Waals surface area contributed by atoms with Crippen LogP contribution in [0.15, 0.2) is 28.0 Å². The van der Waals surface area contributed by atoms with Gasteiger partial charge in [-0.25, -0.2) is 15.0 Å². The third kappa shape index (κ3) is 3.42. The zero-order valence-electron chi connectivity index (χ0n) is 16.6. The molecule has 7 nitrogen and oxygen atoms in total. The van der Waals surface area contributed by atoms with Gasteiger partial charge in [-0.15, -0.1) is 11.3 Å². The summed E-state index contributed by atoms with van der Waals surface area (Å²) in [6, 6.07) is 2.03. The topological polar surface area (TPSA) is 102 Å². The molecule has 4 aromatic rings. The van der Waals surface area contributed by atoms with Crippen LogP contribution in [0.3, 0.4) is 0 Å². The number of thiazole rings is 1. The third-order valence-electron chi connectivity index (χ3n) is 5.24. The van der Waals surface area contributed by atoms with Crippen LogP contribution in [0.4, 0.5) is 5.69 Å². The molecule has 0 bridgehead atoms. The van der Waals surface area contributed by atoms with Gasteiger partial charge in [-0.2, -0.15) is 0 Å². The average molecular weight is 460 g/mol. The first-order valence-corrected chi connectivity index (χ1v) is 12.6. The fraction of sp³-hybridized carbons (Fsp3) is 0.350. The number of anilines is 1. The lowest BCUT2D eigenvalue weighted by atomic mass is 10.1. The summed E-state index contributed by atoms with van der Waals surface area (Å²) in [7, 11) is 3.65. The summed E-state index contributed by atoms with van der Waals surface area (Å²) in [5.41, 5.74) is 9.81. The molecule has 0 spiro atoms. The van der Waals surface area contributed by atoms with Crippen molar-refractivity contribution in [2.75, 3.05) is 25.2 Å². The van der Waals surface area contributed by atoms with Crippen molar-refractivity contribution in [3.8, 4) is 22.0 Å². The van der Waals surface area contributed by atoms with Crippen molar-refractivity contribution >= 4 is 49.8 Å². The van der Waals surface area contributed by atoms with Gasteiger partial charge in [0.15, 0.2) is 0 Å². The van der Waals surface area contributed by atoms with Gasteiger partial charge < -0.3 is 19.6 Å². The van der Waals surface area contributed by atoms with E-state index in [1.165, 1.54) is 24.2 Å². The van der Waals surface area contributed by atoms with E-state index in [-0.39, 0.29) is 0 Å². The van der Waals surface area contributed by atoms with E-state index in [4.69, 9.17) is 15.5 Å². The molecule has 0 amide bonds. The predicted octanol–water partition coefficient (Wildman–Crippen LogP) is 4.03. The molecule has 30 heavy (non-hydrogen) atoms. The summed E-state index contributed by atoms with van der Waals surface area (Å²) in [6.07, 6.45) is 6.05. The number of rotatable bonds is 7. The minimum atomic E-state index is -1.24. The molecule has 1 saturated carbocycles. The Morgan fingerprint density at radius 2 is 2.20 bits per heavy atom. The smallest absolute Gasteiger partial charge is 0.232 e. The van der Waals surface area contributed by atoms with Crippen molar-refractivity contribution in [1.82, 2.24) is 19.5 Å². The van der Waals surface area contributed by atoms with Crippen LogP contribution in [0.1, 0.15) is 24.6 Å². The molecule has 4 aromatic heterocycles. The first kappa shape index (κ1) is 20.0. The highest BCUT2D eigenvalue weighted by Crippen LogP contribution is 2.45. The van der Waals surface area contributed by atoms with E-state index >= 15 is 0 Å². The molecule has 4 heterocycles. The van der Waals surface area contributed by atoms with Crippen molar-refractivity contribution in [1.29, 1.82) is 0 Å². The number of nitrogens with two attached hydrogens (primary N) is 1. The van der Waals surface area contributed by atoms with Crippen LogP contribution < -0.4 is 5.73 Å². The second kappa shape index (κ2) is 7.93. The number of thiophene rings is 1. The Kier molecular flexibility index (Phi) is 5.28. The number of methoxy groups -OCH3 is 1. The first-order valence-electron chi connectivity index (χ1n) is 9.60. The van der Waals surface area contributed by atoms with E-state index in [1.54, 1.807) is 24.6 Å². The van der Waals surface area contributed by atoms with E-state index in [9.17, 15) is 4.55 Å². The maximum atomic E-state index is 12.8. The van der Waals surface area contributed by atoms with Gasteiger partial charge in [-0.1, -0.05) is 11.3 Å². The molecule has 156 valence electrons. The van der Waals surface area contributed by atoms with Crippen molar-refractivity contribution < 1.29 is 9.29 Å². The van der Waals surface area contributed by atoms with Crippen molar-refractivity contribution in [3.05, 3.63) is 29.7 Å². The predicted molar refractivity (Wildman–Crippen MR) is 122 cm³/mol. The lowest BCUT2D eigenvalue weighted by molar-refractivity contribution is 0.217. The van der Waals surface area contributed by atoms with Gasteiger partial charge in [0.2, 0.25) is 4.21 Å². The van der Waals surface area contributed by atoms with E-state index < -0.39 is 11.2 Å². The van der Waals surface area contributed by atoms with Gasteiger partial charge in [0.25, 0.3) is 0 Å². The molecule has 5 rings (SSSR count). The molecular formula is C20H21N5O2S3. The van der Waals surface area contributed by atoms with Crippen LogP contribution in [0, 0.1) is 0 Å². The number of nitrogens with zero attached hydrogens (tertiary/aromatic N) is 4. The summed E-state index contributed by atoms with van der Waals surface area (Å²) in [5.74, 6) is 2.04. The van der Waals surface area contributed by atoms with Crippen LogP contribution in [-0.2, 0) is 23.0 Å². The van der Waals surface area contributed by atoms with E-state index in [0.717, 1.165) is 38.0 Å². The average Bonchev–Trinajstić information content (AvgIpc) is 3.14. The Bertz CT molecular complexity index is 1200. The summed E-state index contributed by atoms with van der Waals surface area (Å²) in [6.45, 7) is 0.414. The maximum Gasteiger partial charge on any atom is 0.232 e. The van der Waals surface area contributed by atoms with Gasteiger partial charge >= 0.3 is 0 Å². The van der Waals surface area contributed by atoms with Gasteiger partial charge in [0, 0.05) is 53.8 Å². The second-order valence-electron chi connectivity index (χ2n) is 7.25. The molecule has 10 heteroatoms. The number of hydrogen-bond donors (Lipinski definition) is 1. The van der Waals surface area contributed by atoms with Crippen molar-refractivity contribution in [2.45, 2.75) is 23.0 Å². The van der Waals surface area contributed by atoms with Gasteiger partial charge in [0.05, 0.1) is 18.5 Å². The molecule has 0 saturated heterocycles. The normalized spacial score (nSPS) is 15.2. The van der Waals surface area contributed by atoms with Crippen molar-refractivity contribution in [3.63, 3.8) is 0 Å². The highest BCUT2D eigenvalue weighted by Gasteiger charge is 2.30. The Labute approximate surface area is 185 Å². The minimum absolute atomic E-state index is 0.403. The van der Waals surface area contributed by atoms with Crippen LogP contribution in [0.2, 0.25) is 0 Å². The number of hydrogen-bond acceptors (Lipinski definition) is 8. The van der Waals surface area contributed by atoms with Gasteiger partial charge in [-0.05, 0) is 18.9 Å². The Hall–Kier alpha value is -1.98. The molecule has 1 fully saturated rings. The molecule has 2 N–H and O–H groups in total. The zero-order chi connectivity index (χ0) is 20.8. The molecule has 0 radical (unpaired) electrons. The fourth-order valence-corrected chi connectivity index (χ4v) is 6.74. The van der Waals surface area contributed by atoms with Crippen LogP contribution >= 0.6 is 22.7 Å². The Morgan fingerprint density at radius 1 is 1.37 bits per heavy atom. The maximum absolute atomic E-state index is 12.8. The number of fused-ring (bicyclic) bond motifs is 1. The first-order chi connectivity index (χ1) is 14.6. The molecule has 1 unspecified atom stereocenters. The number of pyridine rings is 1. The van der Waals surface area contributed by atoms with Crippen LogP contribution in [0.5, 0.6) is 0 Å². The molecule has 1 atom stereocenters. The van der Waals surface area contributed by atoms with E-state index in [2.05, 4.69) is 14.5 Å². The molecule has 1 aliphatic carbocycles. The quantitative estimate of drug-likeness (QED) is 0.419. The molecule has 0 aliphatic heterocycles. The minimum Gasteiger partial charge on any atom is -0.611 e. The van der Waals surface area contributed by atoms with Gasteiger partial charge in [0.1, 0.15) is 32.8 Å². The van der Waals surface area contributed by atoms with Crippen molar-refractivity contribution in [2.24, 2.45) is 7.05 Å². The molecular weight excluding hydrogens is 438 g/mol. The lowest BCUT2D eigenvalue weighted by Crippen LogP contribution is -2.11. The molecule has 1 aliphatic rings. The fourth-order valence-electron chi connectivity index (χ4n) is 3.58. The summed E-state index contributed by atoms with van der Waals surface area (Å²) in [5, 5.41) is 3.62. The summed E-state index contributed by atoms with van der Waals surface area (Å²) >= 11 is 1.69. The van der Waals surface area contributed by atoms with Crippen LogP contribution in [0.25, 0.3) is 32.2 Å². The van der Waals surface area contributed by atoms with E-state index in [1.807, 2.05) is 24.7 Å². The van der Waals surface area contributed by atoms with Gasteiger partial charge in [-0.3, -0.25) is 0 Å². The highest BCUT2D eigenvalue weighted by molar-refractivity contribution is 7.93. The Balaban J connectivity index is 1.71. The van der Waals surface area contributed by atoms with Crippen LogP contribution in [-0.4, -0.2) is 43.5 Å². The third-order valence-corrected chi connectivity index (χ3v) is 8.91. The largest absolute Gasteiger partial charge is 0.611 e. The Morgan fingerprint density at radius 3 is 2.90 bits per heavy atom.